The number of rotatable bonds is 3. The Hall–Kier alpha value is -1.89. The minimum absolute atomic E-state index is 0.00447. The Morgan fingerprint density at radius 3 is 2.38 bits per heavy atom. The van der Waals surface area contributed by atoms with Crippen molar-refractivity contribution in [3.8, 4) is 0 Å². The second-order valence-corrected chi connectivity index (χ2v) is 5.02. The lowest BCUT2D eigenvalue weighted by molar-refractivity contribution is 0.0698. The summed E-state index contributed by atoms with van der Waals surface area (Å²) in [6.07, 6.45) is 2.35. The molecule has 21 heavy (non-hydrogen) atoms. The van der Waals surface area contributed by atoms with Crippen LogP contribution in [0.4, 0.5) is 5.69 Å². The number of hydrogen-bond donors (Lipinski definition) is 2. The third-order valence-corrected chi connectivity index (χ3v) is 3.09. The summed E-state index contributed by atoms with van der Waals surface area (Å²) in [5.41, 5.74) is -0.347. The highest BCUT2D eigenvalue weighted by molar-refractivity contribution is 6.38. The number of nitrogens with one attached hydrogen (secondary N) is 1. The SMILES string of the molecule is O=C(Nc1c(Cl)cc(Cl)cc1C(=O)O)c1cnc(Cl)cn1. The van der Waals surface area contributed by atoms with Crippen molar-refractivity contribution in [1.29, 1.82) is 0 Å². The van der Waals surface area contributed by atoms with Crippen LogP contribution in [0.15, 0.2) is 24.5 Å². The van der Waals surface area contributed by atoms with Gasteiger partial charge in [0, 0.05) is 5.02 Å². The first-order chi connectivity index (χ1) is 9.88. The van der Waals surface area contributed by atoms with Gasteiger partial charge < -0.3 is 10.4 Å². The number of aromatic nitrogens is 2. The highest BCUT2D eigenvalue weighted by atomic mass is 35.5. The number of carbonyl (C=O) groups is 2. The maximum atomic E-state index is 12.0. The zero-order valence-corrected chi connectivity index (χ0v) is 12.4. The number of anilines is 1. The van der Waals surface area contributed by atoms with Gasteiger partial charge in [-0.15, -0.1) is 0 Å². The Kier molecular flexibility index (Phi) is 4.62. The molecule has 2 aromatic rings. The van der Waals surface area contributed by atoms with Gasteiger partial charge in [-0.1, -0.05) is 34.8 Å². The smallest absolute Gasteiger partial charge is 0.337 e. The van der Waals surface area contributed by atoms with Gasteiger partial charge in [0.25, 0.3) is 5.91 Å². The number of carboxylic acids is 1. The van der Waals surface area contributed by atoms with Crippen molar-refractivity contribution in [2.24, 2.45) is 0 Å². The van der Waals surface area contributed by atoms with Gasteiger partial charge in [-0.3, -0.25) is 4.79 Å². The van der Waals surface area contributed by atoms with Crippen LogP contribution in [0, 0.1) is 0 Å². The van der Waals surface area contributed by atoms with Crippen LogP contribution in [0.2, 0.25) is 15.2 Å². The molecule has 0 saturated heterocycles. The van der Waals surface area contributed by atoms with Gasteiger partial charge in [-0.25, -0.2) is 14.8 Å². The van der Waals surface area contributed by atoms with E-state index in [1.54, 1.807) is 0 Å². The summed E-state index contributed by atoms with van der Waals surface area (Å²) in [4.78, 5) is 30.7. The molecule has 0 aliphatic carbocycles. The van der Waals surface area contributed by atoms with E-state index in [2.05, 4.69) is 15.3 Å². The molecule has 6 nitrogen and oxygen atoms in total. The van der Waals surface area contributed by atoms with Gasteiger partial charge in [0.05, 0.1) is 28.7 Å². The standard InChI is InChI=1S/C12H6Cl3N3O3/c13-5-1-6(12(20)21)10(7(14)2-5)18-11(19)8-3-17-9(15)4-16-8/h1-4H,(H,18,19)(H,20,21). The highest BCUT2D eigenvalue weighted by Crippen LogP contribution is 2.30. The molecule has 0 unspecified atom stereocenters. The minimum Gasteiger partial charge on any atom is -0.478 e. The maximum absolute atomic E-state index is 12.0. The van der Waals surface area contributed by atoms with E-state index in [0.717, 1.165) is 6.20 Å². The van der Waals surface area contributed by atoms with Gasteiger partial charge in [0.15, 0.2) is 0 Å². The van der Waals surface area contributed by atoms with Crippen LogP contribution in [0.5, 0.6) is 0 Å². The summed E-state index contributed by atoms with van der Waals surface area (Å²) in [5, 5.41) is 11.8. The summed E-state index contributed by atoms with van der Waals surface area (Å²) >= 11 is 17.2. The molecule has 1 aromatic carbocycles. The summed E-state index contributed by atoms with van der Waals surface area (Å²) in [6, 6.07) is 2.50. The maximum Gasteiger partial charge on any atom is 0.337 e. The molecule has 0 aliphatic rings. The van der Waals surface area contributed by atoms with Gasteiger partial charge in [0.1, 0.15) is 10.8 Å². The van der Waals surface area contributed by atoms with E-state index in [1.165, 1.54) is 18.3 Å². The molecule has 2 N–H and O–H groups in total. The van der Waals surface area contributed by atoms with Crippen LogP contribution in [-0.4, -0.2) is 27.0 Å². The number of aromatic carboxylic acids is 1. The molecule has 0 saturated carbocycles. The average molecular weight is 347 g/mol. The van der Waals surface area contributed by atoms with Crippen LogP contribution in [0.25, 0.3) is 0 Å². The van der Waals surface area contributed by atoms with Crippen molar-refractivity contribution < 1.29 is 14.7 Å². The second kappa shape index (κ2) is 6.26. The monoisotopic (exact) mass is 345 g/mol. The predicted molar refractivity (Wildman–Crippen MR) is 78.4 cm³/mol. The molecule has 9 heteroatoms. The van der Waals surface area contributed by atoms with E-state index in [1.807, 2.05) is 0 Å². The van der Waals surface area contributed by atoms with Crippen LogP contribution in [0.3, 0.4) is 0 Å². The van der Waals surface area contributed by atoms with E-state index in [9.17, 15) is 9.59 Å². The largest absolute Gasteiger partial charge is 0.478 e. The Bertz CT molecular complexity index is 720. The average Bonchev–Trinajstić information content (AvgIpc) is 2.41. The van der Waals surface area contributed by atoms with Gasteiger partial charge in [0.2, 0.25) is 0 Å². The molecule has 0 atom stereocenters. The fraction of sp³-hybridized carbons (Fsp3) is 0. The van der Waals surface area contributed by atoms with Crippen LogP contribution in [0.1, 0.15) is 20.8 Å². The lowest BCUT2D eigenvalue weighted by atomic mass is 10.1. The first kappa shape index (κ1) is 15.5. The Morgan fingerprint density at radius 1 is 1.10 bits per heavy atom. The Morgan fingerprint density at radius 2 is 1.81 bits per heavy atom. The molecule has 0 radical (unpaired) electrons. The van der Waals surface area contributed by atoms with E-state index >= 15 is 0 Å². The van der Waals surface area contributed by atoms with Crippen molar-refractivity contribution in [3.05, 3.63) is 51.0 Å². The first-order valence-electron chi connectivity index (χ1n) is 5.39. The number of carboxylic acid groups (broad SMARTS) is 1. The molecule has 0 aliphatic heterocycles. The molecule has 0 fully saturated rings. The molecular weight excluding hydrogens is 341 g/mol. The van der Waals surface area contributed by atoms with Crippen LogP contribution < -0.4 is 5.32 Å². The number of hydrogen-bond acceptors (Lipinski definition) is 4. The minimum atomic E-state index is -1.28. The third-order valence-electron chi connectivity index (χ3n) is 2.38. The molecular formula is C12H6Cl3N3O3. The van der Waals surface area contributed by atoms with Crippen molar-refractivity contribution in [3.63, 3.8) is 0 Å². The third kappa shape index (κ3) is 3.60. The van der Waals surface area contributed by atoms with Crippen molar-refractivity contribution >= 4 is 52.4 Å². The molecule has 1 heterocycles. The molecule has 1 aromatic heterocycles. The molecule has 1 amide bonds. The summed E-state index contributed by atoms with van der Waals surface area (Å²) < 4.78 is 0. The van der Waals surface area contributed by atoms with Crippen molar-refractivity contribution in [2.75, 3.05) is 5.32 Å². The number of halogens is 3. The van der Waals surface area contributed by atoms with Crippen molar-refractivity contribution in [2.45, 2.75) is 0 Å². The normalized spacial score (nSPS) is 10.2. The summed E-state index contributed by atoms with van der Waals surface area (Å²) in [5.74, 6) is -1.96. The number of amides is 1. The number of carbonyl (C=O) groups excluding carboxylic acids is 1. The van der Waals surface area contributed by atoms with Crippen molar-refractivity contribution in [1.82, 2.24) is 9.97 Å². The highest BCUT2D eigenvalue weighted by Gasteiger charge is 2.18. The Labute approximate surface area is 133 Å². The second-order valence-electron chi connectivity index (χ2n) is 3.79. The van der Waals surface area contributed by atoms with E-state index < -0.39 is 11.9 Å². The summed E-state index contributed by atoms with van der Waals surface area (Å²) in [7, 11) is 0. The van der Waals surface area contributed by atoms with Gasteiger partial charge in [-0.05, 0) is 12.1 Å². The van der Waals surface area contributed by atoms with E-state index in [0.29, 0.717) is 0 Å². The summed E-state index contributed by atoms with van der Waals surface area (Å²) in [6.45, 7) is 0. The topological polar surface area (TPSA) is 92.2 Å². The molecule has 0 bridgehead atoms. The van der Waals surface area contributed by atoms with Gasteiger partial charge in [-0.2, -0.15) is 0 Å². The van der Waals surface area contributed by atoms with E-state index in [-0.39, 0.29) is 32.1 Å². The zero-order chi connectivity index (χ0) is 15.6. The van der Waals surface area contributed by atoms with E-state index in [4.69, 9.17) is 39.9 Å². The van der Waals surface area contributed by atoms with Crippen LogP contribution >= 0.6 is 34.8 Å². The Balaban J connectivity index is 2.37. The fourth-order valence-electron chi connectivity index (χ4n) is 1.48. The first-order valence-corrected chi connectivity index (χ1v) is 6.53. The fourth-order valence-corrected chi connectivity index (χ4v) is 2.11. The number of nitrogens with zero attached hydrogens (tertiary/aromatic N) is 2. The van der Waals surface area contributed by atoms with Crippen LogP contribution in [-0.2, 0) is 0 Å². The lowest BCUT2D eigenvalue weighted by Gasteiger charge is -2.10. The van der Waals surface area contributed by atoms with Gasteiger partial charge >= 0.3 is 5.97 Å². The quantitative estimate of drug-likeness (QED) is 0.888. The zero-order valence-electron chi connectivity index (χ0n) is 10.1. The molecule has 108 valence electrons. The lowest BCUT2D eigenvalue weighted by Crippen LogP contribution is -2.16. The predicted octanol–water partition coefficient (Wildman–Crippen LogP) is 3.39. The molecule has 0 spiro atoms. The molecule has 2 rings (SSSR count). The number of benzene rings is 1.